The van der Waals surface area contributed by atoms with Crippen molar-refractivity contribution in [2.75, 3.05) is 26.2 Å². The van der Waals surface area contributed by atoms with Gasteiger partial charge in [0, 0.05) is 42.6 Å². The number of amides is 4. The second-order valence-electron chi connectivity index (χ2n) is 7.83. The first-order valence-corrected chi connectivity index (χ1v) is 10.5. The number of rotatable bonds is 4. The van der Waals surface area contributed by atoms with Gasteiger partial charge in [-0.05, 0) is 37.1 Å². The number of hydrogen-bond acceptors (Lipinski definition) is 4. The number of nitrogens with one attached hydrogen (secondary N) is 2. The van der Waals surface area contributed by atoms with Crippen LogP contribution in [-0.2, 0) is 11.3 Å². The first-order chi connectivity index (χ1) is 15.2. The monoisotopic (exact) mass is 474 g/mol. The predicted molar refractivity (Wildman–Crippen MR) is 109 cm³/mol. The Morgan fingerprint density at radius 3 is 2.41 bits per heavy atom. The number of fused-ring (bicyclic) bond motifs is 1. The minimum Gasteiger partial charge on any atom is -0.459 e. The maximum absolute atomic E-state index is 12.4. The summed E-state index contributed by atoms with van der Waals surface area (Å²) in [6.07, 6.45) is -5.32. The van der Waals surface area contributed by atoms with Crippen LogP contribution < -0.4 is 10.6 Å². The van der Waals surface area contributed by atoms with E-state index in [1.54, 1.807) is 28.0 Å². The van der Waals surface area contributed by atoms with Crippen LogP contribution in [0.2, 0.25) is 5.02 Å². The van der Waals surface area contributed by atoms with Crippen molar-refractivity contribution in [1.82, 2.24) is 20.4 Å². The predicted octanol–water partition coefficient (Wildman–Crippen LogP) is 3.69. The maximum Gasteiger partial charge on any atom is 0.522 e. The van der Waals surface area contributed by atoms with E-state index in [1.807, 2.05) is 6.07 Å². The van der Waals surface area contributed by atoms with Gasteiger partial charge in [0.2, 0.25) is 0 Å². The number of urea groups is 2. The summed E-state index contributed by atoms with van der Waals surface area (Å²) in [6.45, 7) is 1.57. The highest BCUT2D eigenvalue weighted by molar-refractivity contribution is 6.31. The Labute approximate surface area is 186 Å². The van der Waals surface area contributed by atoms with Crippen LogP contribution in [0.3, 0.4) is 0 Å². The summed E-state index contributed by atoms with van der Waals surface area (Å²) in [6, 6.07) is 6.13. The zero-order valence-corrected chi connectivity index (χ0v) is 17.7. The molecule has 8 nitrogen and oxygen atoms in total. The highest BCUT2D eigenvalue weighted by atomic mass is 35.5. The molecular formula is C20H22ClF3N4O4. The highest BCUT2D eigenvalue weighted by Crippen LogP contribution is 2.30. The Bertz CT molecular complexity index is 985. The third kappa shape index (κ3) is 5.57. The second-order valence-corrected chi connectivity index (χ2v) is 8.27. The number of carbonyl (C=O) groups excluding carboxylic acids is 2. The molecule has 0 radical (unpaired) electrons. The number of hydrogen-bond donors (Lipinski definition) is 2. The van der Waals surface area contributed by atoms with E-state index in [-0.39, 0.29) is 37.5 Å². The normalized spacial score (nSPS) is 21.4. The van der Waals surface area contributed by atoms with Gasteiger partial charge in [0.1, 0.15) is 11.3 Å². The van der Waals surface area contributed by atoms with Gasteiger partial charge in [0.15, 0.2) is 0 Å². The molecule has 2 aromatic rings. The quantitative estimate of drug-likeness (QED) is 0.707. The van der Waals surface area contributed by atoms with E-state index in [4.69, 9.17) is 16.0 Å². The van der Waals surface area contributed by atoms with Crippen LogP contribution in [0.4, 0.5) is 22.8 Å². The second kappa shape index (κ2) is 9.07. The van der Waals surface area contributed by atoms with Crippen molar-refractivity contribution < 1.29 is 31.9 Å². The molecule has 4 amide bonds. The minimum atomic E-state index is -4.66. The van der Waals surface area contributed by atoms with Gasteiger partial charge < -0.3 is 24.9 Å². The van der Waals surface area contributed by atoms with Gasteiger partial charge in [-0.3, -0.25) is 4.74 Å². The minimum absolute atomic E-state index is 0.127. The highest BCUT2D eigenvalue weighted by Gasteiger charge is 2.41. The number of nitrogens with zero attached hydrogens (tertiary/aromatic N) is 2. The lowest BCUT2D eigenvalue weighted by molar-refractivity contribution is -0.351. The molecule has 1 aromatic carbocycles. The molecule has 0 atom stereocenters. The first-order valence-electron chi connectivity index (χ1n) is 10.2. The van der Waals surface area contributed by atoms with E-state index in [2.05, 4.69) is 15.4 Å². The number of benzene rings is 1. The van der Waals surface area contributed by atoms with Gasteiger partial charge in [0.05, 0.1) is 12.6 Å². The zero-order chi connectivity index (χ0) is 22.9. The Balaban J connectivity index is 1.17. The fourth-order valence-electron chi connectivity index (χ4n) is 3.78. The average Bonchev–Trinajstić information content (AvgIpc) is 3.11. The molecule has 1 saturated carbocycles. The van der Waals surface area contributed by atoms with Gasteiger partial charge in [-0.2, -0.15) is 0 Å². The van der Waals surface area contributed by atoms with Crippen molar-refractivity contribution in [1.29, 1.82) is 0 Å². The van der Waals surface area contributed by atoms with E-state index in [0.29, 0.717) is 42.5 Å². The third-order valence-corrected chi connectivity index (χ3v) is 5.76. The Morgan fingerprint density at radius 2 is 1.75 bits per heavy atom. The first kappa shape index (κ1) is 22.5. The lowest BCUT2D eigenvalue weighted by Gasteiger charge is -2.39. The Hall–Kier alpha value is -2.66. The van der Waals surface area contributed by atoms with E-state index in [9.17, 15) is 22.8 Å². The summed E-state index contributed by atoms with van der Waals surface area (Å²) in [4.78, 5) is 27.9. The molecule has 2 fully saturated rings. The van der Waals surface area contributed by atoms with E-state index < -0.39 is 12.5 Å². The Kier molecular flexibility index (Phi) is 6.38. The van der Waals surface area contributed by atoms with Crippen molar-refractivity contribution in [2.45, 2.75) is 37.9 Å². The molecule has 174 valence electrons. The SMILES string of the molecule is O=C(NCc1cc2cc(Cl)ccc2o1)N1CCN(C(=O)NC2CC(OC(F)(F)F)C2)CC1. The smallest absolute Gasteiger partial charge is 0.459 e. The molecule has 0 bridgehead atoms. The van der Waals surface area contributed by atoms with Gasteiger partial charge in [-0.15, -0.1) is 13.2 Å². The van der Waals surface area contributed by atoms with Crippen LogP contribution in [0, 0.1) is 0 Å². The molecule has 12 heteroatoms. The largest absolute Gasteiger partial charge is 0.522 e. The van der Waals surface area contributed by atoms with Gasteiger partial charge in [0.25, 0.3) is 0 Å². The molecule has 0 unspecified atom stereocenters. The number of halogens is 4. The number of furan rings is 1. The van der Waals surface area contributed by atoms with Crippen LogP contribution in [0.5, 0.6) is 0 Å². The van der Waals surface area contributed by atoms with E-state index >= 15 is 0 Å². The standard InChI is InChI=1S/C20H22ClF3N4O4/c21-13-1-2-17-12(7-13)8-16(31-17)11-25-18(29)27-3-5-28(6-4-27)19(30)26-14-9-15(10-14)32-20(22,23)24/h1-2,7-8,14-15H,3-6,9-11H2,(H,25,29)(H,26,30). The summed E-state index contributed by atoms with van der Waals surface area (Å²) in [5, 5.41) is 6.96. The van der Waals surface area contributed by atoms with Crippen molar-refractivity contribution in [2.24, 2.45) is 0 Å². The molecule has 1 aromatic heterocycles. The van der Waals surface area contributed by atoms with E-state index in [0.717, 1.165) is 5.39 Å². The van der Waals surface area contributed by atoms with Crippen molar-refractivity contribution in [3.63, 3.8) is 0 Å². The fourth-order valence-corrected chi connectivity index (χ4v) is 3.96. The number of ether oxygens (including phenoxy) is 1. The summed E-state index contributed by atoms with van der Waals surface area (Å²) in [5.41, 5.74) is 0.682. The molecule has 2 N–H and O–H groups in total. The average molecular weight is 475 g/mol. The topological polar surface area (TPSA) is 87.1 Å². The lowest BCUT2D eigenvalue weighted by atomic mass is 9.89. The van der Waals surface area contributed by atoms with Crippen LogP contribution in [-0.4, -0.2) is 66.5 Å². The lowest BCUT2D eigenvalue weighted by Crippen LogP contribution is -2.58. The molecule has 32 heavy (non-hydrogen) atoms. The number of carbonyl (C=O) groups is 2. The molecule has 1 aliphatic heterocycles. The molecule has 2 heterocycles. The van der Waals surface area contributed by atoms with Crippen molar-refractivity contribution in [3.8, 4) is 0 Å². The van der Waals surface area contributed by atoms with E-state index in [1.165, 1.54) is 0 Å². The summed E-state index contributed by atoms with van der Waals surface area (Å²) in [7, 11) is 0. The molecule has 2 aliphatic rings. The number of piperazine rings is 1. The number of alkyl halides is 3. The summed E-state index contributed by atoms with van der Waals surface area (Å²) < 4.78 is 46.1. The molecule has 4 rings (SSSR count). The van der Waals surface area contributed by atoms with Crippen molar-refractivity contribution >= 4 is 34.6 Å². The molecule has 1 saturated heterocycles. The molecule has 0 spiro atoms. The maximum atomic E-state index is 12.4. The fraction of sp³-hybridized carbons (Fsp3) is 0.500. The van der Waals surface area contributed by atoms with Gasteiger partial charge in [-0.25, -0.2) is 9.59 Å². The van der Waals surface area contributed by atoms with Gasteiger partial charge >= 0.3 is 18.4 Å². The van der Waals surface area contributed by atoms with Crippen molar-refractivity contribution in [3.05, 3.63) is 35.0 Å². The molecule has 1 aliphatic carbocycles. The van der Waals surface area contributed by atoms with Crippen LogP contribution >= 0.6 is 11.6 Å². The van der Waals surface area contributed by atoms with Crippen LogP contribution in [0.15, 0.2) is 28.7 Å². The van der Waals surface area contributed by atoms with Crippen LogP contribution in [0.25, 0.3) is 11.0 Å². The summed E-state index contributed by atoms with van der Waals surface area (Å²) in [5.74, 6) is 0.599. The molecular weight excluding hydrogens is 453 g/mol. The van der Waals surface area contributed by atoms with Gasteiger partial charge in [-0.1, -0.05) is 11.6 Å². The Morgan fingerprint density at radius 1 is 1.09 bits per heavy atom. The summed E-state index contributed by atoms with van der Waals surface area (Å²) >= 11 is 5.96. The third-order valence-electron chi connectivity index (χ3n) is 5.52. The van der Waals surface area contributed by atoms with Crippen LogP contribution in [0.1, 0.15) is 18.6 Å². The zero-order valence-electron chi connectivity index (χ0n) is 17.0.